The van der Waals surface area contributed by atoms with Crippen LogP contribution in [0, 0.1) is 5.82 Å². The molecule has 0 fully saturated rings. The van der Waals surface area contributed by atoms with E-state index < -0.39 is 0 Å². The Morgan fingerprint density at radius 2 is 1.95 bits per heavy atom. The zero-order valence-electron chi connectivity index (χ0n) is 11.9. The number of amides is 1. The molecule has 1 atom stereocenters. The van der Waals surface area contributed by atoms with Crippen molar-refractivity contribution in [1.82, 2.24) is 19.8 Å². The molecule has 1 unspecified atom stereocenters. The van der Waals surface area contributed by atoms with Crippen LogP contribution in [0.15, 0.2) is 29.4 Å². The van der Waals surface area contributed by atoms with Gasteiger partial charge in [0.25, 0.3) is 0 Å². The van der Waals surface area contributed by atoms with Crippen LogP contribution in [0.3, 0.4) is 0 Å². The summed E-state index contributed by atoms with van der Waals surface area (Å²) in [6.45, 7) is 1.78. The molecule has 6 nitrogen and oxygen atoms in total. The smallest absolute Gasteiger partial charge is 0.235 e. The van der Waals surface area contributed by atoms with Crippen molar-refractivity contribution in [2.75, 3.05) is 19.9 Å². The van der Waals surface area contributed by atoms with Gasteiger partial charge < -0.3 is 10.7 Å². The highest BCUT2D eigenvalue weighted by Crippen LogP contribution is 2.25. The molecule has 2 aromatic rings. The van der Waals surface area contributed by atoms with E-state index >= 15 is 0 Å². The summed E-state index contributed by atoms with van der Waals surface area (Å²) < 4.78 is 14.2. The quantitative estimate of drug-likeness (QED) is 0.682. The molecule has 1 amide bonds. The SMILES string of the molecule is CC(Sc1nnc(-c2ccc(F)cc2)n1N)C(=O)N(C)C. The van der Waals surface area contributed by atoms with Gasteiger partial charge in [-0.15, -0.1) is 10.2 Å². The number of aromatic nitrogens is 3. The Balaban J connectivity index is 2.21. The molecule has 0 saturated carbocycles. The summed E-state index contributed by atoms with van der Waals surface area (Å²) >= 11 is 1.22. The number of hydrogen-bond donors (Lipinski definition) is 1. The van der Waals surface area contributed by atoms with Crippen molar-refractivity contribution in [1.29, 1.82) is 0 Å². The van der Waals surface area contributed by atoms with Gasteiger partial charge >= 0.3 is 0 Å². The standard InChI is InChI=1S/C13H16FN5OS/c1-8(12(20)18(2)3)21-13-17-16-11(19(13)15)9-4-6-10(14)7-5-9/h4-8H,15H2,1-3H3. The largest absolute Gasteiger partial charge is 0.348 e. The third-order valence-corrected chi connectivity index (χ3v) is 3.88. The minimum absolute atomic E-state index is 0.0358. The molecular formula is C13H16FN5OS. The van der Waals surface area contributed by atoms with Crippen LogP contribution in [0.2, 0.25) is 0 Å². The monoisotopic (exact) mass is 309 g/mol. The van der Waals surface area contributed by atoms with Crippen LogP contribution in [-0.2, 0) is 4.79 Å². The highest BCUT2D eigenvalue weighted by molar-refractivity contribution is 8.00. The predicted octanol–water partition coefficient (Wildman–Crippen LogP) is 1.37. The fraction of sp³-hybridized carbons (Fsp3) is 0.308. The normalized spacial score (nSPS) is 12.2. The van der Waals surface area contributed by atoms with E-state index in [9.17, 15) is 9.18 Å². The van der Waals surface area contributed by atoms with E-state index in [1.54, 1.807) is 33.2 Å². The number of benzene rings is 1. The van der Waals surface area contributed by atoms with Crippen LogP contribution in [0.1, 0.15) is 6.92 Å². The molecule has 21 heavy (non-hydrogen) atoms. The first-order valence-corrected chi connectivity index (χ1v) is 7.12. The Bertz CT molecular complexity index is 641. The van der Waals surface area contributed by atoms with Gasteiger partial charge in [-0.1, -0.05) is 11.8 Å². The predicted molar refractivity (Wildman–Crippen MR) is 79.6 cm³/mol. The van der Waals surface area contributed by atoms with Crippen molar-refractivity contribution in [2.45, 2.75) is 17.3 Å². The summed E-state index contributed by atoms with van der Waals surface area (Å²) in [6, 6.07) is 5.81. The Morgan fingerprint density at radius 3 is 2.52 bits per heavy atom. The lowest BCUT2D eigenvalue weighted by atomic mass is 10.2. The minimum Gasteiger partial charge on any atom is -0.348 e. The molecule has 1 heterocycles. The number of hydrogen-bond acceptors (Lipinski definition) is 5. The van der Waals surface area contributed by atoms with E-state index in [0.717, 1.165) is 0 Å². The van der Waals surface area contributed by atoms with Gasteiger partial charge in [0.05, 0.1) is 5.25 Å². The Kier molecular flexibility index (Phi) is 4.46. The molecule has 0 bridgehead atoms. The van der Waals surface area contributed by atoms with Crippen LogP contribution in [0.5, 0.6) is 0 Å². The highest BCUT2D eigenvalue weighted by atomic mass is 32.2. The fourth-order valence-electron chi connectivity index (χ4n) is 1.73. The average molecular weight is 309 g/mol. The zero-order valence-corrected chi connectivity index (χ0v) is 12.8. The van der Waals surface area contributed by atoms with Crippen LogP contribution >= 0.6 is 11.8 Å². The van der Waals surface area contributed by atoms with Crippen LogP contribution in [0.25, 0.3) is 11.4 Å². The number of rotatable bonds is 4. The molecule has 0 aliphatic heterocycles. The summed E-state index contributed by atoms with van der Waals surface area (Å²) in [7, 11) is 3.38. The Hall–Kier alpha value is -2.09. The molecule has 0 radical (unpaired) electrons. The van der Waals surface area contributed by atoms with Crippen LogP contribution in [0.4, 0.5) is 4.39 Å². The number of nitrogen functional groups attached to an aromatic ring is 1. The lowest BCUT2D eigenvalue weighted by Crippen LogP contribution is -2.30. The van der Waals surface area contributed by atoms with Crippen LogP contribution in [-0.4, -0.2) is 45.0 Å². The topological polar surface area (TPSA) is 77.0 Å². The molecule has 112 valence electrons. The van der Waals surface area contributed by atoms with E-state index in [-0.39, 0.29) is 17.0 Å². The number of carbonyl (C=O) groups excluding carboxylic acids is 1. The molecule has 2 N–H and O–H groups in total. The van der Waals surface area contributed by atoms with Gasteiger partial charge in [0, 0.05) is 19.7 Å². The molecule has 0 aliphatic carbocycles. The van der Waals surface area contributed by atoms with Crippen molar-refractivity contribution >= 4 is 17.7 Å². The second-order valence-corrected chi connectivity index (χ2v) is 5.98. The second-order valence-electron chi connectivity index (χ2n) is 4.68. The summed E-state index contributed by atoms with van der Waals surface area (Å²) in [6.07, 6.45) is 0. The maximum Gasteiger partial charge on any atom is 0.235 e. The molecule has 0 saturated heterocycles. The molecule has 0 aliphatic rings. The van der Waals surface area contributed by atoms with E-state index in [4.69, 9.17) is 5.84 Å². The van der Waals surface area contributed by atoms with Crippen molar-refractivity contribution in [3.05, 3.63) is 30.1 Å². The van der Waals surface area contributed by atoms with Crippen molar-refractivity contribution in [3.63, 3.8) is 0 Å². The third-order valence-electron chi connectivity index (χ3n) is 2.84. The molecule has 8 heteroatoms. The maximum absolute atomic E-state index is 12.9. The fourth-order valence-corrected chi connectivity index (χ4v) is 2.64. The van der Waals surface area contributed by atoms with E-state index in [2.05, 4.69) is 10.2 Å². The maximum atomic E-state index is 12.9. The first-order chi connectivity index (χ1) is 9.90. The van der Waals surface area contributed by atoms with Gasteiger partial charge in [-0.2, -0.15) is 0 Å². The average Bonchev–Trinajstić information content (AvgIpc) is 2.80. The summed E-state index contributed by atoms with van der Waals surface area (Å²) in [5.41, 5.74) is 0.657. The lowest BCUT2D eigenvalue weighted by molar-refractivity contribution is -0.127. The summed E-state index contributed by atoms with van der Waals surface area (Å²) in [5, 5.41) is 8.08. The molecular weight excluding hydrogens is 293 g/mol. The first kappa shape index (κ1) is 15.3. The van der Waals surface area contributed by atoms with Gasteiger partial charge in [-0.05, 0) is 31.2 Å². The zero-order chi connectivity index (χ0) is 15.6. The number of nitrogens with two attached hydrogens (primary N) is 1. The first-order valence-electron chi connectivity index (χ1n) is 6.24. The second kappa shape index (κ2) is 6.13. The van der Waals surface area contributed by atoms with E-state index in [0.29, 0.717) is 16.5 Å². The highest BCUT2D eigenvalue weighted by Gasteiger charge is 2.20. The molecule has 1 aromatic carbocycles. The third kappa shape index (κ3) is 3.33. The van der Waals surface area contributed by atoms with Crippen molar-refractivity contribution in [3.8, 4) is 11.4 Å². The lowest BCUT2D eigenvalue weighted by Gasteiger charge is -2.15. The summed E-state index contributed by atoms with van der Waals surface area (Å²) in [4.78, 5) is 13.3. The molecule has 0 spiro atoms. The minimum atomic E-state index is -0.332. The van der Waals surface area contributed by atoms with Gasteiger partial charge in [-0.3, -0.25) is 4.79 Å². The summed E-state index contributed by atoms with van der Waals surface area (Å²) in [5.74, 6) is 6.00. The van der Waals surface area contributed by atoms with Crippen molar-refractivity contribution < 1.29 is 9.18 Å². The van der Waals surface area contributed by atoms with E-state index in [1.165, 1.54) is 33.5 Å². The van der Waals surface area contributed by atoms with Gasteiger partial charge in [-0.25, -0.2) is 9.07 Å². The number of nitrogens with zero attached hydrogens (tertiary/aromatic N) is 4. The van der Waals surface area contributed by atoms with Gasteiger partial charge in [0.2, 0.25) is 11.1 Å². The van der Waals surface area contributed by atoms with E-state index in [1.807, 2.05) is 0 Å². The number of thioether (sulfide) groups is 1. The van der Waals surface area contributed by atoms with Gasteiger partial charge in [0.15, 0.2) is 5.82 Å². The molecule has 1 aromatic heterocycles. The number of halogens is 1. The Labute approximate surface area is 126 Å². The van der Waals surface area contributed by atoms with Crippen LogP contribution < -0.4 is 5.84 Å². The van der Waals surface area contributed by atoms with Crippen molar-refractivity contribution in [2.24, 2.45) is 0 Å². The number of carbonyl (C=O) groups is 1. The van der Waals surface area contributed by atoms with Gasteiger partial charge in [0.1, 0.15) is 5.82 Å². The Morgan fingerprint density at radius 1 is 1.33 bits per heavy atom. The molecule has 2 rings (SSSR count).